The molecule has 2 aromatic heterocycles. The topological polar surface area (TPSA) is 94.7 Å². The van der Waals surface area contributed by atoms with Gasteiger partial charge in [-0.3, -0.25) is 4.79 Å². The Labute approximate surface area is 169 Å². The Kier molecular flexibility index (Phi) is 5.94. The highest BCUT2D eigenvalue weighted by atomic mass is 35.5. The maximum Gasteiger partial charge on any atom is 0.416 e. The molecule has 1 saturated heterocycles. The van der Waals surface area contributed by atoms with Crippen LogP contribution in [0.3, 0.4) is 0 Å². The first kappa shape index (κ1) is 20.9. The fourth-order valence-corrected chi connectivity index (χ4v) is 3.09. The lowest BCUT2D eigenvalue weighted by molar-refractivity contribution is -0.137. The predicted octanol–water partition coefficient (Wildman–Crippen LogP) is 3.28. The van der Waals surface area contributed by atoms with E-state index >= 15 is 0 Å². The molecule has 1 aromatic carbocycles. The largest absolute Gasteiger partial charge is 0.416 e. The van der Waals surface area contributed by atoms with Gasteiger partial charge in [0.25, 0.3) is 5.56 Å². The van der Waals surface area contributed by atoms with Crippen LogP contribution >= 0.6 is 12.4 Å². The van der Waals surface area contributed by atoms with Crippen LogP contribution in [0.4, 0.5) is 30.6 Å². The van der Waals surface area contributed by atoms with E-state index in [0.717, 1.165) is 31.6 Å². The Morgan fingerprint density at radius 2 is 1.86 bits per heavy atom. The van der Waals surface area contributed by atoms with Gasteiger partial charge in [0.15, 0.2) is 0 Å². The predicted molar refractivity (Wildman–Crippen MR) is 107 cm³/mol. The third-order valence-electron chi connectivity index (χ3n) is 4.49. The van der Waals surface area contributed by atoms with Crippen LogP contribution in [0.15, 0.2) is 41.3 Å². The van der Waals surface area contributed by atoms with Gasteiger partial charge in [-0.15, -0.1) is 12.4 Å². The molecule has 1 aliphatic rings. The van der Waals surface area contributed by atoms with E-state index in [0.29, 0.717) is 17.2 Å². The third kappa shape index (κ3) is 4.60. The Hall–Kier alpha value is -2.85. The molecule has 0 bridgehead atoms. The lowest BCUT2D eigenvalue weighted by atomic mass is 10.2. The number of nitrogens with one attached hydrogen (secondary N) is 4. The van der Waals surface area contributed by atoms with Gasteiger partial charge in [-0.25, -0.2) is 4.98 Å². The van der Waals surface area contributed by atoms with Gasteiger partial charge < -0.3 is 20.9 Å². The zero-order chi connectivity index (χ0) is 19.7. The summed E-state index contributed by atoms with van der Waals surface area (Å²) in [6.07, 6.45) is -2.01. The number of alkyl halides is 3. The summed E-state index contributed by atoms with van der Waals surface area (Å²) in [4.78, 5) is 23.6. The summed E-state index contributed by atoms with van der Waals surface area (Å²) >= 11 is 0. The van der Waals surface area contributed by atoms with Gasteiger partial charge in [0.2, 0.25) is 5.95 Å². The van der Waals surface area contributed by atoms with Gasteiger partial charge in [0, 0.05) is 24.5 Å². The quantitative estimate of drug-likeness (QED) is 0.511. The van der Waals surface area contributed by atoms with Gasteiger partial charge >= 0.3 is 6.18 Å². The minimum absolute atomic E-state index is 0. The van der Waals surface area contributed by atoms with E-state index in [1.807, 2.05) is 0 Å². The van der Waals surface area contributed by atoms with Gasteiger partial charge in [-0.1, -0.05) is 0 Å². The molecule has 0 spiro atoms. The number of anilines is 3. The van der Waals surface area contributed by atoms with Gasteiger partial charge in [0.05, 0.1) is 11.1 Å². The summed E-state index contributed by atoms with van der Waals surface area (Å²) in [5, 5.41) is 9.62. The second kappa shape index (κ2) is 8.26. The number of aromatic amines is 1. The Balaban J connectivity index is 0.00000240. The molecule has 0 radical (unpaired) electrons. The van der Waals surface area contributed by atoms with E-state index in [-0.39, 0.29) is 35.2 Å². The number of aromatic nitrogens is 3. The van der Waals surface area contributed by atoms with Gasteiger partial charge in [-0.2, -0.15) is 18.2 Å². The first-order valence-electron chi connectivity index (χ1n) is 8.71. The molecule has 1 atom stereocenters. The van der Waals surface area contributed by atoms with Crippen LogP contribution in [-0.2, 0) is 6.18 Å². The van der Waals surface area contributed by atoms with Crippen molar-refractivity contribution >= 4 is 40.8 Å². The number of rotatable bonds is 4. The number of nitrogens with zero attached hydrogens (tertiary/aromatic N) is 2. The van der Waals surface area contributed by atoms with Gasteiger partial charge in [0.1, 0.15) is 11.2 Å². The van der Waals surface area contributed by atoms with Crippen molar-refractivity contribution in [1.82, 2.24) is 20.3 Å². The number of hydrogen-bond donors (Lipinski definition) is 4. The molecule has 11 heteroatoms. The fourth-order valence-electron chi connectivity index (χ4n) is 3.09. The van der Waals surface area contributed by atoms with Crippen LogP contribution in [0.5, 0.6) is 0 Å². The summed E-state index contributed by atoms with van der Waals surface area (Å²) in [5.74, 6) is 0.571. The van der Waals surface area contributed by atoms with Crippen molar-refractivity contribution in [3.63, 3.8) is 0 Å². The van der Waals surface area contributed by atoms with Crippen molar-refractivity contribution in [1.29, 1.82) is 0 Å². The fraction of sp³-hybridized carbons (Fsp3) is 0.278. The average Bonchev–Trinajstić information content (AvgIpc) is 3.14. The second-order valence-corrected chi connectivity index (χ2v) is 6.50. The lowest BCUT2D eigenvalue weighted by Gasteiger charge is -2.14. The zero-order valence-corrected chi connectivity index (χ0v) is 15.8. The number of hydrogen-bond acceptors (Lipinski definition) is 6. The van der Waals surface area contributed by atoms with E-state index in [1.165, 1.54) is 18.3 Å². The molecule has 0 aliphatic carbocycles. The molecule has 0 amide bonds. The Bertz CT molecular complexity index is 1050. The van der Waals surface area contributed by atoms with E-state index < -0.39 is 11.7 Å². The summed E-state index contributed by atoms with van der Waals surface area (Å²) in [6.45, 7) is 1.67. The van der Waals surface area contributed by atoms with Crippen molar-refractivity contribution in [2.24, 2.45) is 0 Å². The highest BCUT2D eigenvalue weighted by Crippen LogP contribution is 2.31. The minimum Gasteiger partial charge on any atom is -0.350 e. The van der Waals surface area contributed by atoms with Crippen LogP contribution in [0.25, 0.3) is 10.9 Å². The summed E-state index contributed by atoms with van der Waals surface area (Å²) in [5.41, 5.74) is -0.327. The second-order valence-electron chi connectivity index (χ2n) is 6.50. The number of pyridine rings is 1. The summed E-state index contributed by atoms with van der Waals surface area (Å²) in [7, 11) is 0. The monoisotopic (exact) mass is 426 g/mol. The SMILES string of the molecule is Cl.O=c1[nH]ccc2nc(N[C@@H]3CCNC3)nc(Nc3ccc(C(F)(F)F)cc3)c12. The maximum absolute atomic E-state index is 12.8. The number of fused-ring (bicyclic) bond motifs is 1. The highest BCUT2D eigenvalue weighted by Gasteiger charge is 2.30. The van der Waals surface area contributed by atoms with Crippen molar-refractivity contribution in [2.45, 2.75) is 18.6 Å². The molecule has 0 unspecified atom stereocenters. The van der Waals surface area contributed by atoms with E-state index in [1.54, 1.807) is 6.07 Å². The average molecular weight is 427 g/mol. The summed E-state index contributed by atoms with van der Waals surface area (Å²) < 4.78 is 38.3. The molecule has 7 nitrogen and oxygen atoms in total. The van der Waals surface area contributed by atoms with Crippen LogP contribution in [0, 0.1) is 0 Å². The molecular formula is C18H18ClF3N6O. The molecule has 3 heterocycles. The molecular weight excluding hydrogens is 409 g/mol. The Morgan fingerprint density at radius 3 is 2.52 bits per heavy atom. The molecule has 154 valence electrons. The molecule has 1 fully saturated rings. The van der Waals surface area contributed by atoms with Crippen LogP contribution in [-0.4, -0.2) is 34.1 Å². The van der Waals surface area contributed by atoms with E-state index in [4.69, 9.17) is 0 Å². The normalized spacial score (nSPS) is 16.4. The van der Waals surface area contributed by atoms with Gasteiger partial charge in [-0.05, 0) is 43.3 Å². The standard InChI is InChI=1S/C18H17F3N6O.ClH/c19-18(20,21)10-1-3-11(4-2-10)24-15-14-13(6-8-23-16(14)28)26-17(27-15)25-12-5-7-22-9-12;/h1-4,6,8,12,22H,5,7,9H2,(H,23,28)(H2,24,25,26,27);1H/t12-;/m1./s1. The highest BCUT2D eigenvalue weighted by molar-refractivity contribution is 5.90. The smallest absolute Gasteiger partial charge is 0.350 e. The molecule has 1 aliphatic heterocycles. The number of H-pyrrole nitrogens is 1. The molecule has 3 aromatic rings. The molecule has 29 heavy (non-hydrogen) atoms. The van der Waals surface area contributed by atoms with E-state index in [9.17, 15) is 18.0 Å². The first-order chi connectivity index (χ1) is 13.4. The van der Waals surface area contributed by atoms with Crippen molar-refractivity contribution < 1.29 is 13.2 Å². The van der Waals surface area contributed by atoms with Crippen LogP contribution < -0.4 is 21.5 Å². The van der Waals surface area contributed by atoms with Crippen LogP contribution in [0.2, 0.25) is 0 Å². The zero-order valence-electron chi connectivity index (χ0n) is 15.0. The number of benzene rings is 1. The van der Waals surface area contributed by atoms with Crippen molar-refractivity contribution in [2.75, 3.05) is 23.7 Å². The first-order valence-corrected chi connectivity index (χ1v) is 8.71. The van der Waals surface area contributed by atoms with Crippen LogP contribution in [0.1, 0.15) is 12.0 Å². The lowest BCUT2D eigenvalue weighted by Crippen LogP contribution is -2.24. The molecule has 0 saturated carbocycles. The molecule has 4 N–H and O–H groups in total. The Morgan fingerprint density at radius 1 is 1.10 bits per heavy atom. The van der Waals surface area contributed by atoms with E-state index in [2.05, 4.69) is 30.9 Å². The van der Waals surface area contributed by atoms with Crippen molar-refractivity contribution in [3.05, 3.63) is 52.4 Å². The van der Waals surface area contributed by atoms with Crippen molar-refractivity contribution in [3.8, 4) is 0 Å². The number of halogens is 4. The summed E-state index contributed by atoms with van der Waals surface area (Å²) in [6, 6.07) is 6.34. The minimum atomic E-state index is -4.41. The maximum atomic E-state index is 12.8. The molecule has 4 rings (SSSR count). The third-order valence-corrected chi connectivity index (χ3v) is 4.49.